The van der Waals surface area contributed by atoms with Crippen molar-refractivity contribution in [3.63, 3.8) is 0 Å². The predicted octanol–water partition coefficient (Wildman–Crippen LogP) is 1.66. The lowest BCUT2D eigenvalue weighted by atomic mass is 10.2. The monoisotopic (exact) mass is 295 g/mol. The molecule has 0 unspecified atom stereocenters. The first-order valence-electron chi connectivity index (χ1n) is 6.08. The lowest BCUT2D eigenvalue weighted by Crippen LogP contribution is -2.24. The minimum atomic E-state index is -3.65. The summed E-state index contributed by atoms with van der Waals surface area (Å²) in [6, 6.07) is 4.77. The van der Waals surface area contributed by atoms with E-state index in [2.05, 4.69) is 9.71 Å². The Hall–Kier alpha value is -1.86. The van der Waals surface area contributed by atoms with Gasteiger partial charge in [0.05, 0.1) is 17.1 Å². The number of aryl methyl sites for hydroxylation is 3. The molecule has 7 heteroatoms. The molecule has 0 radical (unpaired) electrons. The molecule has 0 saturated heterocycles. The third-order valence-corrected chi connectivity index (χ3v) is 4.53. The van der Waals surface area contributed by atoms with Crippen molar-refractivity contribution in [1.82, 2.24) is 9.71 Å². The van der Waals surface area contributed by atoms with E-state index in [1.165, 1.54) is 6.07 Å². The second-order valence-corrected chi connectivity index (χ2v) is 6.33. The fourth-order valence-corrected chi connectivity index (χ4v) is 3.01. The van der Waals surface area contributed by atoms with Crippen LogP contribution in [0.3, 0.4) is 0 Å². The Kier molecular flexibility index (Phi) is 3.82. The van der Waals surface area contributed by atoms with Crippen molar-refractivity contribution < 1.29 is 12.8 Å². The summed E-state index contributed by atoms with van der Waals surface area (Å²) in [5.74, 6) is 1.02. The number of anilines is 1. The number of rotatable bonds is 4. The van der Waals surface area contributed by atoms with Crippen LogP contribution in [0.5, 0.6) is 0 Å². The molecular formula is C13H17N3O3S. The normalized spacial score (nSPS) is 11.8. The zero-order valence-corrected chi connectivity index (χ0v) is 12.4. The molecular weight excluding hydrogens is 278 g/mol. The van der Waals surface area contributed by atoms with Gasteiger partial charge in [-0.25, -0.2) is 18.1 Å². The summed E-state index contributed by atoms with van der Waals surface area (Å²) in [6.45, 7) is 5.31. The van der Waals surface area contributed by atoms with Crippen LogP contribution in [0.4, 0.5) is 5.69 Å². The second-order valence-electron chi connectivity index (χ2n) is 4.60. The van der Waals surface area contributed by atoms with Crippen molar-refractivity contribution in [3.8, 4) is 0 Å². The molecule has 1 aromatic heterocycles. The molecule has 0 aliphatic heterocycles. The highest BCUT2D eigenvalue weighted by molar-refractivity contribution is 7.89. The van der Waals surface area contributed by atoms with Crippen molar-refractivity contribution in [3.05, 3.63) is 41.1 Å². The second kappa shape index (κ2) is 5.26. The third-order valence-electron chi connectivity index (χ3n) is 2.99. The standard InChI is InChI=1S/C13H17N3O3S/c1-8-4-5-11(14)6-12(8)20(17,18)15-7-13-16-9(2)10(3)19-13/h4-6,15H,7,14H2,1-3H3. The zero-order valence-electron chi connectivity index (χ0n) is 11.6. The van der Waals surface area contributed by atoms with E-state index in [-0.39, 0.29) is 11.4 Å². The fraction of sp³-hybridized carbons (Fsp3) is 0.308. The van der Waals surface area contributed by atoms with Crippen molar-refractivity contribution in [2.45, 2.75) is 32.2 Å². The maximum atomic E-state index is 12.2. The van der Waals surface area contributed by atoms with Crippen molar-refractivity contribution in [1.29, 1.82) is 0 Å². The van der Waals surface area contributed by atoms with Gasteiger partial charge in [-0.05, 0) is 38.5 Å². The Morgan fingerprint density at radius 3 is 2.60 bits per heavy atom. The number of benzene rings is 1. The predicted molar refractivity (Wildman–Crippen MR) is 75.6 cm³/mol. The minimum Gasteiger partial charge on any atom is -0.444 e. The summed E-state index contributed by atoms with van der Waals surface area (Å²) in [5, 5.41) is 0. The molecule has 0 aliphatic rings. The molecule has 0 fully saturated rings. The van der Waals surface area contributed by atoms with E-state index in [0.717, 1.165) is 5.69 Å². The number of sulfonamides is 1. The lowest BCUT2D eigenvalue weighted by molar-refractivity contribution is 0.463. The molecule has 2 rings (SSSR count). The van der Waals surface area contributed by atoms with E-state index in [4.69, 9.17) is 10.2 Å². The first kappa shape index (κ1) is 14.5. The molecule has 2 aromatic rings. The van der Waals surface area contributed by atoms with E-state index in [0.29, 0.717) is 22.9 Å². The Morgan fingerprint density at radius 1 is 1.30 bits per heavy atom. The van der Waals surface area contributed by atoms with Gasteiger partial charge in [0.2, 0.25) is 15.9 Å². The van der Waals surface area contributed by atoms with Crippen molar-refractivity contribution >= 4 is 15.7 Å². The lowest BCUT2D eigenvalue weighted by Gasteiger charge is -2.08. The molecule has 20 heavy (non-hydrogen) atoms. The average molecular weight is 295 g/mol. The number of nitrogens with one attached hydrogen (secondary N) is 1. The number of nitrogens with two attached hydrogens (primary N) is 1. The topological polar surface area (TPSA) is 98.2 Å². The Labute approximate surface area is 118 Å². The van der Waals surface area contributed by atoms with E-state index in [1.807, 2.05) is 0 Å². The maximum Gasteiger partial charge on any atom is 0.241 e. The summed E-state index contributed by atoms with van der Waals surface area (Å²) in [6.07, 6.45) is 0. The molecule has 108 valence electrons. The molecule has 3 N–H and O–H groups in total. The summed E-state index contributed by atoms with van der Waals surface area (Å²) in [7, 11) is -3.65. The maximum absolute atomic E-state index is 12.2. The van der Waals surface area contributed by atoms with Gasteiger partial charge in [0.1, 0.15) is 5.76 Å². The summed E-state index contributed by atoms with van der Waals surface area (Å²) >= 11 is 0. The molecule has 6 nitrogen and oxygen atoms in total. The van der Waals surface area contributed by atoms with Crippen LogP contribution in [-0.4, -0.2) is 13.4 Å². The van der Waals surface area contributed by atoms with Gasteiger partial charge in [-0.15, -0.1) is 0 Å². The minimum absolute atomic E-state index is 0.00521. The average Bonchev–Trinajstić information content (AvgIpc) is 2.69. The number of hydrogen-bond donors (Lipinski definition) is 2. The Morgan fingerprint density at radius 2 is 2.00 bits per heavy atom. The highest BCUT2D eigenvalue weighted by atomic mass is 32.2. The summed E-state index contributed by atoms with van der Waals surface area (Å²) < 4.78 is 32.3. The van der Waals surface area contributed by atoms with Gasteiger partial charge in [0, 0.05) is 5.69 Å². The van der Waals surface area contributed by atoms with Crippen LogP contribution in [0, 0.1) is 20.8 Å². The fourth-order valence-electron chi connectivity index (χ4n) is 1.76. The molecule has 1 heterocycles. The highest BCUT2D eigenvalue weighted by Gasteiger charge is 2.18. The Balaban J connectivity index is 2.21. The third kappa shape index (κ3) is 3.00. The van der Waals surface area contributed by atoms with Crippen LogP contribution < -0.4 is 10.5 Å². The number of nitrogens with zero attached hydrogens (tertiary/aromatic N) is 1. The van der Waals surface area contributed by atoms with Gasteiger partial charge < -0.3 is 10.2 Å². The molecule has 0 aliphatic carbocycles. The van der Waals surface area contributed by atoms with E-state index < -0.39 is 10.0 Å². The molecule has 0 amide bonds. The van der Waals surface area contributed by atoms with Gasteiger partial charge in [0.15, 0.2) is 0 Å². The van der Waals surface area contributed by atoms with Crippen LogP contribution in [0.2, 0.25) is 0 Å². The molecule has 0 spiro atoms. The number of oxazole rings is 1. The molecule has 0 atom stereocenters. The van der Waals surface area contributed by atoms with Crippen molar-refractivity contribution in [2.24, 2.45) is 0 Å². The van der Waals surface area contributed by atoms with Crippen LogP contribution in [0.1, 0.15) is 22.9 Å². The van der Waals surface area contributed by atoms with Gasteiger partial charge in [-0.3, -0.25) is 0 Å². The summed E-state index contributed by atoms with van der Waals surface area (Å²) in [4.78, 5) is 4.29. The highest BCUT2D eigenvalue weighted by Crippen LogP contribution is 2.18. The number of aromatic nitrogens is 1. The molecule has 0 bridgehead atoms. The Bertz CT molecular complexity index is 716. The van der Waals surface area contributed by atoms with Gasteiger partial charge >= 0.3 is 0 Å². The van der Waals surface area contributed by atoms with Crippen LogP contribution in [-0.2, 0) is 16.6 Å². The van der Waals surface area contributed by atoms with Crippen LogP contribution in [0.25, 0.3) is 0 Å². The van der Waals surface area contributed by atoms with Crippen LogP contribution >= 0.6 is 0 Å². The SMILES string of the molecule is Cc1ccc(N)cc1S(=O)(=O)NCc1nc(C)c(C)o1. The van der Waals surface area contributed by atoms with Gasteiger partial charge in [0.25, 0.3) is 0 Å². The smallest absolute Gasteiger partial charge is 0.241 e. The van der Waals surface area contributed by atoms with E-state index >= 15 is 0 Å². The number of nitrogen functional groups attached to an aromatic ring is 1. The van der Waals surface area contributed by atoms with Gasteiger partial charge in [-0.2, -0.15) is 0 Å². The molecule has 0 saturated carbocycles. The van der Waals surface area contributed by atoms with E-state index in [1.54, 1.807) is 32.9 Å². The molecule has 1 aromatic carbocycles. The largest absolute Gasteiger partial charge is 0.444 e. The first-order chi connectivity index (χ1) is 9.29. The van der Waals surface area contributed by atoms with E-state index in [9.17, 15) is 8.42 Å². The number of hydrogen-bond acceptors (Lipinski definition) is 5. The first-order valence-corrected chi connectivity index (χ1v) is 7.56. The van der Waals surface area contributed by atoms with Crippen molar-refractivity contribution in [2.75, 3.05) is 5.73 Å². The summed E-state index contributed by atoms with van der Waals surface area (Å²) in [5.41, 5.74) is 7.41. The van der Waals surface area contributed by atoms with Gasteiger partial charge in [-0.1, -0.05) is 6.07 Å². The van der Waals surface area contributed by atoms with Crippen LogP contribution in [0.15, 0.2) is 27.5 Å². The zero-order chi connectivity index (χ0) is 14.9. The quantitative estimate of drug-likeness (QED) is 0.836.